The van der Waals surface area contributed by atoms with Crippen LogP contribution in [0.15, 0.2) is 24.3 Å². The maximum Gasteiger partial charge on any atom is 0.250 e. The molecule has 0 bridgehead atoms. The van der Waals surface area contributed by atoms with Gasteiger partial charge in [-0.3, -0.25) is 4.79 Å². The first kappa shape index (κ1) is 17.3. The Labute approximate surface area is 125 Å². The SMILES string of the molecule is C#CCN(c1ccccc1C(N)=O)C(COC)P(C)(C)=O. The van der Waals surface area contributed by atoms with Crippen LogP contribution in [0.5, 0.6) is 0 Å². The number of methoxy groups -OCH3 is 1. The monoisotopic (exact) mass is 308 g/mol. The van der Waals surface area contributed by atoms with Gasteiger partial charge in [-0.15, -0.1) is 6.42 Å². The van der Waals surface area contributed by atoms with Crippen molar-refractivity contribution in [1.29, 1.82) is 0 Å². The van der Waals surface area contributed by atoms with Crippen LogP contribution in [0.3, 0.4) is 0 Å². The van der Waals surface area contributed by atoms with Gasteiger partial charge in [-0.25, -0.2) is 0 Å². The molecule has 0 saturated carbocycles. The summed E-state index contributed by atoms with van der Waals surface area (Å²) in [6.07, 6.45) is 5.43. The van der Waals surface area contributed by atoms with Crippen molar-refractivity contribution >= 4 is 18.7 Å². The van der Waals surface area contributed by atoms with Gasteiger partial charge >= 0.3 is 0 Å². The number of para-hydroxylation sites is 1. The minimum Gasteiger partial charge on any atom is -0.382 e. The van der Waals surface area contributed by atoms with E-state index in [-0.39, 0.29) is 13.2 Å². The lowest BCUT2D eigenvalue weighted by Gasteiger charge is -2.35. The van der Waals surface area contributed by atoms with Crippen LogP contribution < -0.4 is 10.6 Å². The molecular weight excluding hydrogens is 287 g/mol. The Balaban J connectivity index is 3.38. The van der Waals surface area contributed by atoms with E-state index in [0.717, 1.165) is 0 Å². The number of nitrogens with zero attached hydrogens (tertiary/aromatic N) is 1. The number of hydrogen-bond donors (Lipinski definition) is 1. The highest BCUT2D eigenvalue weighted by atomic mass is 31.2. The third kappa shape index (κ3) is 4.35. The number of carbonyl (C=O) groups is 1. The molecule has 5 nitrogen and oxygen atoms in total. The number of anilines is 1. The summed E-state index contributed by atoms with van der Waals surface area (Å²) >= 11 is 0. The summed E-state index contributed by atoms with van der Waals surface area (Å²) in [5, 5.41) is 0. The molecule has 0 aliphatic heterocycles. The number of hydrogen-bond acceptors (Lipinski definition) is 4. The first-order chi connectivity index (χ1) is 9.82. The van der Waals surface area contributed by atoms with Gasteiger partial charge in [-0.1, -0.05) is 18.1 Å². The average molecular weight is 308 g/mol. The van der Waals surface area contributed by atoms with Gasteiger partial charge < -0.3 is 19.9 Å². The van der Waals surface area contributed by atoms with E-state index in [9.17, 15) is 9.36 Å². The molecule has 0 radical (unpaired) electrons. The second kappa shape index (κ2) is 7.31. The smallest absolute Gasteiger partial charge is 0.250 e. The lowest BCUT2D eigenvalue weighted by atomic mass is 10.1. The van der Waals surface area contributed by atoms with Gasteiger partial charge in [0, 0.05) is 7.11 Å². The van der Waals surface area contributed by atoms with Crippen molar-refractivity contribution < 1.29 is 14.1 Å². The molecule has 1 aromatic carbocycles. The zero-order valence-corrected chi connectivity index (χ0v) is 13.5. The Morgan fingerprint density at radius 1 is 1.48 bits per heavy atom. The quantitative estimate of drug-likeness (QED) is 0.616. The Morgan fingerprint density at radius 3 is 2.57 bits per heavy atom. The largest absolute Gasteiger partial charge is 0.382 e. The average Bonchev–Trinajstić information content (AvgIpc) is 2.41. The van der Waals surface area contributed by atoms with E-state index in [1.165, 1.54) is 7.11 Å². The van der Waals surface area contributed by atoms with Crippen molar-refractivity contribution in [2.45, 2.75) is 5.78 Å². The molecule has 0 aromatic heterocycles. The molecule has 1 aromatic rings. The van der Waals surface area contributed by atoms with E-state index in [4.69, 9.17) is 16.9 Å². The van der Waals surface area contributed by atoms with Gasteiger partial charge in [-0.2, -0.15) is 0 Å². The number of benzene rings is 1. The van der Waals surface area contributed by atoms with Crippen LogP contribution in [0, 0.1) is 12.3 Å². The van der Waals surface area contributed by atoms with Crippen molar-refractivity contribution in [2.75, 3.05) is 38.5 Å². The molecule has 1 rings (SSSR count). The van der Waals surface area contributed by atoms with Crippen LogP contribution in [0.1, 0.15) is 10.4 Å². The number of nitrogens with two attached hydrogens (primary N) is 1. The fourth-order valence-corrected chi connectivity index (χ4v) is 3.52. The Kier molecular flexibility index (Phi) is 6.02. The predicted molar refractivity (Wildman–Crippen MR) is 86.3 cm³/mol. The lowest BCUT2D eigenvalue weighted by molar-refractivity contribution is 0.100. The fourth-order valence-electron chi connectivity index (χ4n) is 2.14. The van der Waals surface area contributed by atoms with Crippen LogP contribution in [0.4, 0.5) is 5.69 Å². The maximum absolute atomic E-state index is 12.6. The third-order valence-corrected chi connectivity index (χ3v) is 5.00. The Morgan fingerprint density at radius 2 is 2.10 bits per heavy atom. The molecule has 0 saturated heterocycles. The lowest BCUT2D eigenvalue weighted by Crippen LogP contribution is -2.39. The summed E-state index contributed by atoms with van der Waals surface area (Å²) in [5.41, 5.74) is 6.34. The number of rotatable bonds is 7. The van der Waals surface area contributed by atoms with Crippen LogP contribution >= 0.6 is 7.14 Å². The van der Waals surface area contributed by atoms with E-state index in [1.54, 1.807) is 42.5 Å². The van der Waals surface area contributed by atoms with Crippen LogP contribution in [0.2, 0.25) is 0 Å². The number of ether oxygens (including phenoxy) is 1. The van der Waals surface area contributed by atoms with Crippen molar-refractivity contribution in [3.05, 3.63) is 29.8 Å². The van der Waals surface area contributed by atoms with Gasteiger partial charge in [-0.05, 0) is 25.5 Å². The first-order valence-electron chi connectivity index (χ1n) is 6.45. The molecule has 2 N–H and O–H groups in total. The number of primary amides is 1. The minimum absolute atomic E-state index is 0.212. The normalized spacial score (nSPS) is 12.5. The van der Waals surface area contributed by atoms with Crippen LogP contribution in [-0.2, 0) is 9.30 Å². The predicted octanol–water partition coefficient (Wildman–Crippen LogP) is 1.82. The Hall–Kier alpha value is -1.76. The number of amides is 1. The summed E-state index contributed by atoms with van der Waals surface area (Å²) in [6, 6.07) is 6.88. The molecule has 0 aliphatic carbocycles. The molecule has 0 fully saturated rings. The summed E-state index contributed by atoms with van der Waals surface area (Å²) in [4.78, 5) is 13.4. The molecule has 114 valence electrons. The van der Waals surface area contributed by atoms with E-state index >= 15 is 0 Å². The molecule has 6 heteroatoms. The molecule has 0 spiro atoms. The van der Waals surface area contributed by atoms with Crippen molar-refractivity contribution in [2.24, 2.45) is 5.73 Å². The first-order valence-corrected chi connectivity index (χ1v) is 9.12. The molecule has 0 heterocycles. The van der Waals surface area contributed by atoms with E-state index in [2.05, 4.69) is 5.92 Å². The maximum atomic E-state index is 12.6. The summed E-state index contributed by atoms with van der Waals surface area (Å²) in [5.74, 6) is 1.57. The van der Waals surface area contributed by atoms with E-state index in [0.29, 0.717) is 11.3 Å². The van der Waals surface area contributed by atoms with E-state index < -0.39 is 18.8 Å². The second-order valence-electron chi connectivity index (χ2n) is 5.08. The third-order valence-electron chi connectivity index (χ3n) is 3.13. The van der Waals surface area contributed by atoms with Crippen LogP contribution in [-0.4, -0.2) is 45.3 Å². The van der Waals surface area contributed by atoms with Crippen molar-refractivity contribution in [3.8, 4) is 12.3 Å². The minimum atomic E-state index is -2.54. The molecule has 0 aliphatic rings. The summed E-state index contributed by atoms with van der Waals surface area (Å²) < 4.78 is 17.7. The number of terminal acetylenes is 1. The standard InChI is InChI=1S/C15H21N2O3P/c1-5-10-17(14(11-20-2)21(3,4)19)13-9-7-6-8-12(13)15(16)18/h1,6-9,14H,10-11H2,2-4H3,(H2,16,18). The summed E-state index contributed by atoms with van der Waals surface area (Å²) in [7, 11) is -1.00. The van der Waals surface area contributed by atoms with Gasteiger partial charge in [0.2, 0.25) is 0 Å². The van der Waals surface area contributed by atoms with E-state index in [1.807, 2.05) is 0 Å². The topological polar surface area (TPSA) is 72.6 Å². The van der Waals surface area contributed by atoms with Gasteiger partial charge in [0.05, 0.1) is 24.4 Å². The zero-order valence-electron chi connectivity index (χ0n) is 12.6. The fraction of sp³-hybridized carbons (Fsp3) is 0.400. The molecule has 1 amide bonds. The Bertz CT molecular complexity index is 589. The van der Waals surface area contributed by atoms with Gasteiger partial charge in [0.25, 0.3) is 5.91 Å². The highest BCUT2D eigenvalue weighted by molar-refractivity contribution is 7.63. The highest BCUT2D eigenvalue weighted by Gasteiger charge is 2.31. The van der Waals surface area contributed by atoms with Crippen molar-refractivity contribution in [1.82, 2.24) is 0 Å². The van der Waals surface area contributed by atoms with Gasteiger partial charge in [0.15, 0.2) is 0 Å². The van der Waals surface area contributed by atoms with Crippen LogP contribution in [0.25, 0.3) is 0 Å². The van der Waals surface area contributed by atoms with Gasteiger partial charge in [0.1, 0.15) is 12.9 Å². The molecular formula is C15H21N2O3P. The zero-order chi connectivity index (χ0) is 16.0. The highest BCUT2D eigenvalue weighted by Crippen LogP contribution is 2.46. The summed E-state index contributed by atoms with van der Waals surface area (Å²) in [6.45, 7) is 3.81. The molecule has 1 unspecified atom stereocenters. The molecule has 21 heavy (non-hydrogen) atoms. The van der Waals surface area contributed by atoms with Crippen molar-refractivity contribution in [3.63, 3.8) is 0 Å². The number of carbonyl (C=O) groups excluding carboxylic acids is 1. The molecule has 1 atom stereocenters. The second-order valence-corrected chi connectivity index (χ2v) is 8.55.